The molecule has 0 spiro atoms. The van der Waals surface area contributed by atoms with E-state index < -0.39 is 47.1 Å². The normalized spacial score (nSPS) is 10.7. The average molecular weight is 594 g/mol. The maximum atomic E-state index is 14.1. The highest BCUT2D eigenvalue weighted by atomic mass is 35.5. The quantitative estimate of drug-likeness (QED) is 0.255. The first kappa shape index (κ1) is 29.9. The molecule has 0 saturated heterocycles. The molecule has 0 atom stereocenters. The first-order valence-electron chi connectivity index (χ1n) is 12.7. The second-order valence-electron chi connectivity index (χ2n) is 9.16. The molecule has 0 aliphatic carbocycles. The van der Waals surface area contributed by atoms with Gasteiger partial charge in [0.05, 0.1) is 17.0 Å². The lowest BCUT2D eigenvalue weighted by atomic mass is 10.0. The van der Waals surface area contributed by atoms with Gasteiger partial charge in [0.2, 0.25) is 11.8 Å². The molecule has 0 fully saturated rings. The van der Waals surface area contributed by atoms with Gasteiger partial charge in [-0.2, -0.15) is 0 Å². The van der Waals surface area contributed by atoms with Gasteiger partial charge in [0.1, 0.15) is 24.7 Å². The summed E-state index contributed by atoms with van der Waals surface area (Å²) in [5, 5.41) is 14.2. The molecule has 0 saturated carbocycles. The van der Waals surface area contributed by atoms with Gasteiger partial charge in [0.15, 0.2) is 0 Å². The average Bonchev–Trinajstić information content (AvgIpc) is 2.95. The minimum absolute atomic E-state index is 0.0147. The van der Waals surface area contributed by atoms with Crippen LogP contribution in [0, 0.1) is 5.82 Å². The summed E-state index contributed by atoms with van der Waals surface area (Å²) in [6.07, 6.45) is 3.24. The van der Waals surface area contributed by atoms with Crippen LogP contribution in [0.1, 0.15) is 18.1 Å². The molecular formula is C29H25ClFN5O6. The van der Waals surface area contributed by atoms with Gasteiger partial charge in [0, 0.05) is 23.6 Å². The van der Waals surface area contributed by atoms with Crippen LogP contribution in [0.4, 0.5) is 15.9 Å². The van der Waals surface area contributed by atoms with Crippen molar-refractivity contribution in [1.82, 2.24) is 14.1 Å². The molecule has 0 bridgehead atoms. The number of carboxylic acids is 1. The zero-order valence-corrected chi connectivity index (χ0v) is 23.0. The fourth-order valence-corrected chi connectivity index (χ4v) is 4.53. The lowest BCUT2D eigenvalue weighted by Crippen LogP contribution is -2.43. The molecule has 2 heterocycles. The number of nitrogens with zero attached hydrogens (tertiary/aromatic N) is 3. The van der Waals surface area contributed by atoms with Gasteiger partial charge in [0.25, 0.3) is 5.56 Å². The van der Waals surface area contributed by atoms with Crippen LogP contribution in [-0.2, 0) is 40.3 Å². The Labute approximate surface area is 243 Å². The number of carbonyl (C=O) groups excluding carboxylic acids is 2. The van der Waals surface area contributed by atoms with Crippen LogP contribution in [0.25, 0.3) is 11.1 Å². The number of aryl methyl sites for hydroxylation is 1. The second-order valence-corrected chi connectivity index (χ2v) is 9.54. The molecule has 4 aromatic rings. The van der Waals surface area contributed by atoms with Gasteiger partial charge >= 0.3 is 11.7 Å². The first-order valence-corrected chi connectivity index (χ1v) is 13.1. The summed E-state index contributed by atoms with van der Waals surface area (Å²) in [5.41, 5.74) is -0.493. The standard InChI is InChI=1S/C29H25ClFN5O6/c1-2-17-9-10-19(12-18(17)13-24(37)34-23-8-3-4-11-32-23)33-25(38)15-35-14-21(20-6-5-7-22(31)27(20)30)28(41)36(29(35)42)16-26(39)40/h3-12,14H,2,13,15-16H2,1H3,(H,33,38)(H,39,40)(H,32,34,37). The van der Waals surface area contributed by atoms with E-state index in [1.165, 1.54) is 12.1 Å². The SMILES string of the molecule is CCc1ccc(NC(=O)Cn2cc(-c3cccc(F)c3Cl)c(=O)n(CC(=O)O)c2=O)cc1CC(=O)Nc1ccccn1. The molecule has 0 unspecified atom stereocenters. The molecule has 2 aromatic heterocycles. The number of hydrogen-bond donors (Lipinski definition) is 3. The number of halogens is 2. The number of hydrogen-bond acceptors (Lipinski definition) is 6. The summed E-state index contributed by atoms with van der Waals surface area (Å²) < 4.78 is 15.4. The molecule has 4 rings (SSSR count). The summed E-state index contributed by atoms with van der Waals surface area (Å²) in [7, 11) is 0. The van der Waals surface area contributed by atoms with Crippen molar-refractivity contribution >= 4 is 40.9 Å². The number of aromatic nitrogens is 3. The number of benzene rings is 2. The minimum Gasteiger partial charge on any atom is -0.480 e. The van der Waals surface area contributed by atoms with Crippen LogP contribution in [0.5, 0.6) is 0 Å². The van der Waals surface area contributed by atoms with E-state index in [1.807, 2.05) is 6.92 Å². The number of carboxylic acid groups (broad SMARTS) is 1. The van der Waals surface area contributed by atoms with Crippen molar-refractivity contribution in [3.05, 3.63) is 110 Å². The Morgan fingerprint density at radius 2 is 1.74 bits per heavy atom. The predicted molar refractivity (Wildman–Crippen MR) is 154 cm³/mol. The highest BCUT2D eigenvalue weighted by Gasteiger charge is 2.20. The summed E-state index contributed by atoms with van der Waals surface area (Å²) in [4.78, 5) is 67.0. The van der Waals surface area contributed by atoms with Crippen LogP contribution >= 0.6 is 11.6 Å². The predicted octanol–water partition coefficient (Wildman–Crippen LogP) is 3.33. The molecule has 216 valence electrons. The number of rotatable bonds is 10. The number of amides is 2. The Bertz CT molecular complexity index is 1790. The Balaban J connectivity index is 1.61. The maximum Gasteiger partial charge on any atom is 0.332 e. The Morgan fingerprint density at radius 1 is 0.952 bits per heavy atom. The van der Waals surface area contributed by atoms with E-state index in [9.17, 15) is 33.5 Å². The molecule has 13 heteroatoms. The van der Waals surface area contributed by atoms with Crippen LogP contribution < -0.4 is 21.9 Å². The number of carbonyl (C=O) groups is 3. The Kier molecular flexibility index (Phi) is 9.28. The lowest BCUT2D eigenvalue weighted by Gasteiger charge is -2.14. The molecule has 3 N–H and O–H groups in total. The van der Waals surface area contributed by atoms with Crippen LogP contribution in [-0.4, -0.2) is 37.0 Å². The first-order chi connectivity index (χ1) is 20.1. The molecule has 42 heavy (non-hydrogen) atoms. The molecule has 11 nitrogen and oxygen atoms in total. The van der Waals surface area contributed by atoms with E-state index in [0.29, 0.717) is 28.1 Å². The molecular weight excluding hydrogens is 569 g/mol. The van der Waals surface area contributed by atoms with Crippen LogP contribution in [0.2, 0.25) is 5.02 Å². The van der Waals surface area contributed by atoms with Gasteiger partial charge in [-0.15, -0.1) is 0 Å². The van der Waals surface area contributed by atoms with Gasteiger partial charge < -0.3 is 15.7 Å². The third kappa shape index (κ3) is 6.96. The van der Waals surface area contributed by atoms with Crippen molar-refractivity contribution in [2.75, 3.05) is 10.6 Å². The zero-order valence-electron chi connectivity index (χ0n) is 22.3. The summed E-state index contributed by atoms with van der Waals surface area (Å²) in [6, 6.07) is 13.9. The third-order valence-electron chi connectivity index (χ3n) is 6.24. The number of anilines is 2. The zero-order chi connectivity index (χ0) is 30.4. The summed E-state index contributed by atoms with van der Waals surface area (Å²) in [5.74, 6) is -2.87. The molecule has 0 radical (unpaired) electrons. The van der Waals surface area contributed by atoms with E-state index in [4.69, 9.17) is 11.6 Å². The largest absolute Gasteiger partial charge is 0.480 e. The minimum atomic E-state index is -1.47. The molecule has 0 aliphatic heterocycles. The van der Waals surface area contributed by atoms with Crippen molar-refractivity contribution in [3.8, 4) is 11.1 Å². The van der Waals surface area contributed by atoms with E-state index >= 15 is 0 Å². The summed E-state index contributed by atoms with van der Waals surface area (Å²) >= 11 is 6.05. The highest BCUT2D eigenvalue weighted by Crippen LogP contribution is 2.27. The Morgan fingerprint density at radius 3 is 2.43 bits per heavy atom. The molecule has 0 aliphatic rings. The number of nitrogens with one attached hydrogen (secondary N) is 2. The van der Waals surface area contributed by atoms with Gasteiger partial charge in [-0.3, -0.25) is 23.7 Å². The van der Waals surface area contributed by atoms with Gasteiger partial charge in [-0.05, 0) is 47.9 Å². The third-order valence-corrected chi connectivity index (χ3v) is 6.62. The van der Waals surface area contributed by atoms with Crippen molar-refractivity contribution in [2.45, 2.75) is 32.9 Å². The number of aliphatic carboxylic acids is 1. The Hall–Kier alpha value is -5.10. The fourth-order valence-electron chi connectivity index (χ4n) is 4.30. The van der Waals surface area contributed by atoms with Crippen molar-refractivity contribution in [2.24, 2.45) is 0 Å². The second kappa shape index (κ2) is 13.0. The molecule has 2 amide bonds. The topological polar surface area (TPSA) is 152 Å². The van der Waals surface area contributed by atoms with Crippen molar-refractivity contribution in [1.29, 1.82) is 0 Å². The summed E-state index contributed by atoms with van der Waals surface area (Å²) in [6.45, 7) is 0.334. The maximum absolute atomic E-state index is 14.1. The molecule has 2 aromatic carbocycles. The van der Waals surface area contributed by atoms with E-state index in [0.717, 1.165) is 22.4 Å². The van der Waals surface area contributed by atoms with Crippen molar-refractivity contribution in [3.63, 3.8) is 0 Å². The van der Waals surface area contributed by atoms with E-state index in [-0.39, 0.29) is 23.5 Å². The smallest absolute Gasteiger partial charge is 0.332 e. The van der Waals surface area contributed by atoms with Gasteiger partial charge in [-0.1, -0.05) is 42.8 Å². The van der Waals surface area contributed by atoms with Crippen LogP contribution in [0.15, 0.2) is 76.6 Å². The van der Waals surface area contributed by atoms with Gasteiger partial charge in [-0.25, -0.2) is 18.7 Å². The van der Waals surface area contributed by atoms with Crippen LogP contribution in [0.3, 0.4) is 0 Å². The lowest BCUT2D eigenvalue weighted by molar-refractivity contribution is -0.137. The number of pyridine rings is 1. The van der Waals surface area contributed by atoms with Crippen molar-refractivity contribution < 1.29 is 23.9 Å². The monoisotopic (exact) mass is 593 g/mol. The van der Waals surface area contributed by atoms with E-state index in [2.05, 4.69) is 15.6 Å². The van der Waals surface area contributed by atoms with E-state index in [1.54, 1.807) is 42.6 Å². The fraction of sp³-hybridized carbons (Fsp3) is 0.172. The highest BCUT2D eigenvalue weighted by molar-refractivity contribution is 6.33.